The average Bonchev–Trinajstić information content (AvgIpc) is 3.30. The van der Waals surface area contributed by atoms with Gasteiger partial charge in [0.1, 0.15) is 0 Å². The Balaban J connectivity index is 1.48. The summed E-state index contributed by atoms with van der Waals surface area (Å²) in [5.41, 5.74) is 2.61. The quantitative estimate of drug-likeness (QED) is 0.813. The summed E-state index contributed by atoms with van der Waals surface area (Å²) in [7, 11) is 2.27. The molecule has 0 radical (unpaired) electrons. The Bertz CT molecular complexity index is 476. The SMILES string of the molecule is Cc1ccc(C2CCN(CCN(C)C3CC3)CC2)c(Cl)c1. The predicted octanol–water partition coefficient (Wildman–Crippen LogP) is 3.92. The van der Waals surface area contributed by atoms with Crippen molar-refractivity contribution in [2.24, 2.45) is 0 Å². The molecule has 21 heavy (non-hydrogen) atoms. The van der Waals surface area contributed by atoms with Gasteiger partial charge in [0.15, 0.2) is 0 Å². The van der Waals surface area contributed by atoms with Crippen molar-refractivity contribution in [3.05, 3.63) is 34.3 Å². The first kappa shape index (κ1) is 15.3. The second-order valence-electron chi connectivity index (χ2n) is 6.85. The van der Waals surface area contributed by atoms with Gasteiger partial charge < -0.3 is 9.80 Å². The molecular weight excluding hydrogens is 280 g/mol. The van der Waals surface area contributed by atoms with Gasteiger partial charge in [0.25, 0.3) is 0 Å². The number of piperidine rings is 1. The zero-order valence-electron chi connectivity index (χ0n) is 13.3. The molecule has 0 atom stereocenters. The van der Waals surface area contributed by atoms with Crippen molar-refractivity contribution in [3.8, 4) is 0 Å². The lowest BCUT2D eigenvalue weighted by Gasteiger charge is -2.33. The second kappa shape index (κ2) is 6.68. The summed E-state index contributed by atoms with van der Waals surface area (Å²) < 4.78 is 0. The van der Waals surface area contributed by atoms with Gasteiger partial charge in [-0.1, -0.05) is 23.7 Å². The third-order valence-electron chi connectivity index (χ3n) is 5.12. The van der Waals surface area contributed by atoms with Gasteiger partial charge in [-0.15, -0.1) is 0 Å². The van der Waals surface area contributed by atoms with E-state index < -0.39 is 0 Å². The highest BCUT2D eigenvalue weighted by Crippen LogP contribution is 2.33. The average molecular weight is 307 g/mol. The lowest BCUT2D eigenvalue weighted by molar-refractivity contribution is 0.182. The van der Waals surface area contributed by atoms with E-state index in [0.29, 0.717) is 5.92 Å². The standard InChI is InChI=1S/C18H27ClN2/c1-14-3-6-17(18(19)13-14)15-7-9-21(10-8-15)12-11-20(2)16-4-5-16/h3,6,13,15-16H,4-5,7-12H2,1-2H3. The topological polar surface area (TPSA) is 6.48 Å². The van der Waals surface area contributed by atoms with Crippen LogP contribution in [0, 0.1) is 6.92 Å². The molecule has 2 nitrogen and oxygen atoms in total. The monoisotopic (exact) mass is 306 g/mol. The van der Waals surface area contributed by atoms with Crippen LogP contribution in [0.3, 0.4) is 0 Å². The molecule has 0 N–H and O–H groups in total. The molecule has 116 valence electrons. The minimum absolute atomic E-state index is 0.649. The lowest BCUT2D eigenvalue weighted by atomic mass is 9.89. The molecule has 3 rings (SSSR count). The molecule has 1 aromatic rings. The fraction of sp³-hybridized carbons (Fsp3) is 0.667. The Hall–Kier alpha value is -0.570. The first-order valence-corrected chi connectivity index (χ1v) is 8.70. The second-order valence-corrected chi connectivity index (χ2v) is 7.26. The van der Waals surface area contributed by atoms with Crippen molar-refractivity contribution >= 4 is 11.6 Å². The van der Waals surface area contributed by atoms with Crippen molar-refractivity contribution in [3.63, 3.8) is 0 Å². The fourth-order valence-electron chi connectivity index (χ4n) is 3.43. The summed E-state index contributed by atoms with van der Waals surface area (Å²) in [6, 6.07) is 7.42. The number of likely N-dealkylation sites (N-methyl/N-ethyl adjacent to an activating group) is 1. The summed E-state index contributed by atoms with van der Waals surface area (Å²) in [5, 5.41) is 0.960. The molecule has 1 aromatic carbocycles. The Labute approximate surface area is 134 Å². The Morgan fingerprint density at radius 1 is 1.19 bits per heavy atom. The Kier molecular flexibility index (Phi) is 4.88. The van der Waals surface area contributed by atoms with Gasteiger partial charge in [-0.25, -0.2) is 0 Å². The van der Waals surface area contributed by atoms with Crippen LogP contribution in [0.2, 0.25) is 5.02 Å². The smallest absolute Gasteiger partial charge is 0.0443 e. The number of hydrogen-bond donors (Lipinski definition) is 0. The van der Waals surface area contributed by atoms with Gasteiger partial charge in [0, 0.05) is 24.2 Å². The predicted molar refractivity (Wildman–Crippen MR) is 90.3 cm³/mol. The van der Waals surface area contributed by atoms with E-state index >= 15 is 0 Å². The van der Waals surface area contributed by atoms with E-state index in [1.165, 1.54) is 63.0 Å². The molecule has 0 aromatic heterocycles. The van der Waals surface area contributed by atoms with Crippen molar-refractivity contribution < 1.29 is 0 Å². The number of likely N-dealkylation sites (tertiary alicyclic amines) is 1. The van der Waals surface area contributed by atoms with Gasteiger partial charge in [-0.3, -0.25) is 0 Å². The molecule has 0 amide bonds. The highest BCUT2D eigenvalue weighted by atomic mass is 35.5. The van der Waals surface area contributed by atoms with E-state index in [2.05, 4.69) is 42.0 Å². The first-order chi connectivity index (χ1) is 10.1. The van der Waals surface area contributed by atoms with E-state index in [1.54, 1.807) is 0 Å². The van der Waals surface area contributed by atoms with Crippen LogP contribution in [0.4, 0.5) is 0 Å². The summed E-state index contributed by atoms with van der Waals surface area (Å²) in [5.74, 6) is 0.649. The maximum atomic E-state index is 6.42. The third kappa shape index (κ3) is 4.00. The Morgan fingerprint density at radius 2 is 1.90 bits per heavy atom. The molecule has 2 aliphatic rings. The highest BCUT2D eigenvalue weighted by Gasteiger charge is 2.27. The van der Waals surface area contributed by atoms with Gasteiger partial charge in [-0.05, 0) is 75.9 Å². The summed E-state index contributed by atoms with van der Waals surface area (Å²) in [4.78, 5) is 5.15. The molecule has 1 saturated heterocycles. The molecule has 3 heteroatoms. The van der Waals surface area contributed by atoms with Gasteiger partial charge >= 0.3 is 0 Å². The van der Waals surface area contributed by atoms with Crippen LogP contribution in [-0.4, -0.2) is 49.1 Å². The van der Waals surface area contributed by atoms with Gasteiger partial charge in [0.05, 0.1) is 0 Å². The van der Waals surface area contributed by atoms with Crippen molar-refractivity contribution in [1.29, 1.82) is 0 Å². The number of nitrogens with zero attached hydrogens (tertiary/aromatic N) is 2. The van der Waals surface area contributed by atoms with Crippen LogP contribution in [0.15, 0.2) is 18.2 Å². The van der Waals surface area contributed by atoms with Crippen molar-refractivity contribution in [2.45, 2.75) is 44.6 Å². The highest BCUT2D eigenvalue weighted by molar-refractivity contribution is 6.31. The molecule has 1 aliphatic carbocycles. The first-order valence-electron chi connectivity index (χ1n) is 8.32. The molecule has 1 saturated carbocycles. The van der Waals surface area contributed by atoms with E-state index in [1.807, 2.05) is 0 Å². The normalized spacial score (nSPS) is 21.1. The molecule has 1 heterocycles. The summed E-state index contributed by atoms with van der Waals surface area (Å²) in [6.45, 7) is 6.98. The van der Waals surface area contributed by atoms with Crippen LogP contribution >= 0.6 is 11.6 Å². The van der Waals surface area contributed by atoms with Crippen LogP contribution in [0.1, 0.15) is 42.7 Å². The molecule has 1 aliphatic heterocycles. The van der Waals surface area contributed by atoms with E-state index in [4.69, 9.17) is 11.6 Å². The number of rotatable bonds is 5. The molecule has 0 unspecified atom stereocenters. The zero-order chi connectivity index (χ0) is 14.8. The molecule has 0 spiro atoms. The van der Waals surface area contributed by atoms with Gasteiger partial charge in [0.2, 0.25) is 0 Å². The zero-order valence-corrected chi connectivity index (χ0v) is 14.1. The van der Waals surface area contributed by atoms with E-state index in [-0.39, 0.29) is 0 Å². The maximum Gasteiger partial charge on any atom is 0.0443 e. The van der Waals surface area contributed by atoms with Gasteiger partial charge in [-0.2, -0.15) is 0 Å². The van der Waals surface area contributed by atoms with Crippen molar-refractivity contribution in [1.82, 2.24) is 9.80 Å². The largest absolute Gasteiger partial charge is 0.302 e. The molecule has 0 bridgehead atoms. The van der Waals surface area contributed by atoms with E-state index in [9.17, 15) is 0 Å². The van der Waals surface area contributed by atoms with Crippen LogP contribution in [-0.2, 0) is 0 Å². The minimum atomic E-state index is 0.649. The number of halogens is 1. The Morgan fingerprint density at radius 3 is 2.52 bits per heavy atom. The summed E-state index contributed by atoms with van der Waals surface area (Å²) in [6.07, 6.45) is 5.31. The van der Waals surface area contributed by atoms with Crippen LogP contribution in [0.5, 0.6) is 0 Å². The molecule has 2 fully saturated rings. The maximum absolute atomic E-state index is 6.42. The van der Waals surface area contributed by atoms with Crippen LogP contribution in [0.25, 0.3) is 0 Å². The lowest BCUT2D eigenvalue weighted by Crippen LogP contribution is -2.38. The third-order valence-corrected chi connectivity index (χ3v) is 5.45. The van der Waals surface area contributed by atoms with Crippen molar-refractivity contribution in [2.75, 3.05) is 33.2 Å². The summed E-state index contributed by atoms with van der Waals surface area (Å²) >= 11 is 6.42. The molecular formula is C18H27ClN2. The fourth-order valence-corrected chi connectivity index (χ4v) is 3.82. The van der Waals surface area contributed by atoms with Crippen LogP contribution < -0.4 is 0 Å². The number of benzene rings is 1. The number of aryl methyl sites for hydroxylation is 1. The van der Waals surface area contributed by atoms with E-state index in [0.717, 1.165) is 11.1 Å². The number of hydrogen-bond acceptors (Lipinski definition) is 2. The minimum Gasteiger partial charge on any atom is -0.302 e.